The molecule has 2 aliphatic heterocycles. The number of benzene rings is 1. The van der Waals surface area contributed by atoms with E-state index in [2.05, 4.69) is 34.1 Å². The molecule has 4 heteroatoms. The van der Waals surface area contributed by atoms with Gasteiger partial charge in [0.2, 0.25) is 5.91 Å². The van der Waals surface area contributed by atoms with Crippen molar-refractivity contribution in [3.8, 4) is 0 Å². The standard InChI is InChI=1S/C23H34N2O2/c1-24(22(26)11-10-19-8-3-2-4-9-19)20-12-14-23(13-7-17-27-23)18-21(20)25-15-5-6-16-25/h2-4,8-9,20-21H,5-7,10-18H2,1H3/t20-,21-,23-/m0/s1. The topological polar surface area (TPSA) is 32.8 Å². The van der Waals surface area contributed by atoms with Crippen LogP contribution in [-0.4, -0.2) is 60.1 Å². The zero-order valence-corrected chi connectivity index (χ0v) is 16.7. The molecule has 2 heterocycles. The van der Waals surface area contributed by atoms with E-state index in [0.717, 1.165) is 32.3 Å². The summed E-state index contributed by atoms with van der Waals surface area (Å²) in [5, 5.41) is 0. The minimum Gasteiger partial charge on any atom is -0.375 e. The van der Waals surface area contributed by atoms with Gasteiger partial charge in [-0.3, -0.25) is 9.69 Å². The van der Waals surface area contributed by atoms with E-state index in [0.29, 0.717) is 18.5 Å². The number of likely N-dealkylation sites (N-methyl/N-ethyl adjacent to an activating group) is 1. The number of carbonyl (C=O) groups excluding carboxylic acids is 1. The van der Waals surface area contributed by atoms with Crippen LogP contribution < -0.4 is 0 Å². The lowest BCUT2D eigenvalue weighted by Gasteiger charge is -2.48. The maximum atomic E-state index is 13.0. The number of nitrogens with zero attached hydrogens (tertiary/aromatic N) is 2. The molecule has 1 amide bonds. The van der Waals surface area contributed by atoms with Gasteiger partial charge in [-0.25, -0.2) is 0 Å². The molecule has 1 aliphatic carbocycles. The summed E-state index contributed by atoms with van der Waals surface area (Å²) in [5.41, 5.74) is 1.34. The van der Waals surface area contributed by atoms with Crippen molar-refractivity contribution < 1.29 is 9.53 Å². The molecule has 0 radical (unpaired) electrons. The van der Waals surface area contributed by atoms with E-state index >= 15 is 0 Å². The van der Waals surface area contributed by atoms with Crippen LogP contribution in [0.5, 0.6) is 0 Å². The Balaban J connectivity index is 1.42. The lowest BCUT2D eigenvalue weighted by molar-refractivity contribution is -0.137. The summed E-state index contributed by atoms with van der Waals surface area (Å²) in [6, 6.07) is 11.2. The Kier molecular flexibility index (Phi) is 5.84. The number of carbonyl (C=O) groups is 1. The fourth-order valence-corrected chi connectivity index (χ4v) is 5.49. The number of likely N-dealkylation sites (tertiary alicyclic amines) is 1. The van der Waals surface area contributed by atoms with Crippen LogP contribution in [0.15, 0.2) is 30.3 Å². The van der Waals surface area contributed by atoms with Crippen LogP contribution in [0.2, 0.25) is 0 Å². The third-order valence-electron chi connectivity index (χ3n) is 7.08. The number of hydrogen-bond acceptors (Lipinski definition) is 3. The number of hydrogen-bond donors (Lipinski definition) is 0. The minimum atomic E-state index is 0.0949. The molecule has 1 aromatic rings. The van der Waals surface area contributed by atoms with E-state index in [1.54, 1.807) is 0 Å². The first-order valence-corrected chi connectivity index (χ1v) is 10.8. The van der Waals surface area contributed by atoms with E-state index in [9.17, 15) is 4.79 Å². The second kappa shape index (κ2) is 8.32. The summed E-state index contributed by atoms with van der Waals surface area (Å²) < 4.78 is 6.23. The normalized spacial score (nSPS) is 31.4. The van der Waals surface area contributed by atoms with Gasteiger partial charge in [-0.05, 0) is 70.0 Å². The molecule has 0 N–H and O–H groups in total. The summed E-state index contributed by atoms with van der Waals surface area (Å²) in [7, 11) is 2.04. The van der Waals surface area contributed by atoms with E-state index in [1.807, 2.05) is 13.1 Å². The van der Waals surface area contributed by atoms with Crippen LogP contribution in [0.3, 0.4) is 0 Å². The molecule has 3 atom stereocenters. The molecule has 1 saturated carbocycles. The van der Waals surface area contributed by atoms with Crippen molar-refractivity contribution in [2.24, 2.45) is 0 Å². The van der Waals surface area contributed by atoms with Crippen LogP contribution in [0.4, 0.5) is 0 Å². The second-order valence-corrected chi connectivity index (χ2v) is 8.75. The Morgan fingerprint density at radius 2 is 1.96 bits per heavy atom. The van der Waals surface area contributed by atoms with Gasteiger partial charge < -0.3 is 9.64 Å². The zero-order chi connectivity index (χ0) is 18.7. The predicted octanol–water partition coefficient (Wildman–Crippen LogP) is 3.64. The highest BCUT2D eigenvalue weighted by molar-refractivity contribution is 5.76. The van der Waals surface area contributed by atoms with Gasteiger partial charge in [-0.2, -0.15) is 0 Å². The summed E-state index contributed by atoms with van der Waals surface area (Å²) in [5.74, 6) is 0.288. The largest absolute Gasteiger partial charge is 0.375 e. The maximum absolute atomic E-state index is 13.0. The summed E-state index contributed by atoms with van der Waals surface area (Å²) in [4.78, 5) is 17.7. The van der Waals surface area contributed by atoms with Crippen molar-refractivity contribution in [3.05, 3.63) is 35.9 Å². The van der Waals surface area contributed by atoms with Gasteiger partial charge >= 0.3 is 0 Å². The predicted molar refractivity (Wildman–Crippen MR) is 108 cm³/mol. The van der Waals surface area contributed by atoms with E-state index < -0.39 is 0 Å². The quantitative estimate of drug-likeness (QED) is 0.793. The molecule has 3 fully saturated rings. The lowest BCUT2D eigenvalue weighted by atomic mass is 9.76. The van der Waals surface area contributed by atoms with Crippen LogP contribution in [0, 0.1) is 0 Å². The molecule has 4 rings (SSSR count). The van der Waals surface area contributed by atoms with E-state index in [4.69, 9.17) is 4.74 Å². The molecule has 148 valence electrons. The number of aryl methyl sites for hydroxylation is 1. The first-order chi connectivity index (χ1) is 13.2. The highest BCUT2D eigenvalue weighted by Gasteiger charge is 2.47. The fraction of sp³-hybridized carbons (Fsp3) is 0.696. The Morgan fingerprint density at radius 1 is 1.19 bits per heavy atom. The Morgan fingerprint density at radius 3 is 2.67 bits per heavy atom. The Hall–Kier alpha value is -1.39. The monoisotopic (exact) mass is 370 g/mol. The van der Waals surface area contributed by atoms with Gasteiger partial charge in [-0.1, -0.05) is 30.3 Å². The van der Waals surface area contributed by atoms with Gasteiger partial charge in [0.15, 0.2) is 0 Å². The van der Waals surface area contributed by atoms with Crippen molar-refractivity contribution in [2.45, 2.75) is 75.5 Å². The molecule has 1 spiro atoms. The molecule has 4 nitrogen and oxygen atoms in total. The fourth-order valence-electron chi connectivity index (χ4n) is 5.49. The van der Waals surface area contributed by atoms with Crippen molar-refractivity contribution in [1.82, 2.24) is 9.80 Å². The lowest BCUT2D eigenvalue weighted by Crippen LogP contribution is -2.58. The van der Waals surface area contributed by atoms with Crippen LogP contribution in [-0.2, 0) is 16.0 Å². The molecule has 27 heavy (non-hydrogen) atoms. The minimum absolute atomic E-state index is 0.0949. The molecular formula is C23H34N2O2. The van der Waals surface area contributed by atoms with E-state index in [1.165, 1.54) is 44.3 Å². The third kappa shape index (κ3) is 4.22. The third-order valence-corrected chi connectivity index (χ3v) is 7.08. The number of rotatable bonds is 5. The second-order valence-electron chi connectivity index (χ2n) is 8.75. The molecule has 0 unspecified atom stereocenters. The van der Waals surface area contributed by atoms with Crippen LogP contribution >= 0.6 is 0 Å². The Labute approximate surface area is 163 Å². The highest BCUT2D eigenvalue weighted by Crippen LogP contribution is 2.43. The Bertz CT molecular complexity index is 621. The van der Waals surface area contributed by atoms with Crippen LogP contribution in [0.25, 0.3) is 0 Å². The molecule has 3 aliphatic rings. The van der Waals surface area contributed by atoms with E-state index in [-0.39, 0.29) is 11.5 Å². The number of ether oxygens (including phenoxy) is 1. The molecule has 0 bridgehead atoms. The molecule has 1 aromatic carbocycles. The summed E-state index contributed by atoms with van der Waals surface area (Å²) in [6.07, 6.45) is 9.72. The van der Waals surface area contributed by atoms with Crippen LogP contribution in [0.1, 0.15) is 56.9 Å². The van der Waals surface area contributed by atoms with Gasteiger partial charge in [0.1, 0.15) is 0 Å². The first kappa shape index (κ1) is 18.9. The van der Waals surface area contributed by atoms with Crippen molar-refractivity contribution in [2.75, 3.05) is 26.7 Å². The molecule has 0 aromatic heterocycles. The van der Waals surface area contributed by atoms with Gasteiger partial charge in [0.05, 0.1) is 5.60 Å². The van der Waals surface area contributed by atoms with Gasteiger partial charge in [0, 0.05) is 32.2 Å². The maximum Gasteiger partial charge on any atom is 0.222 e. The number of amides is 1. The molecule has 2 saturated heterocycles. The van der Waals surface area contributed by atoms with Crippen molar-refractivity contribution in [1.29, 1.82) is 0 Å². The average Bonchev–Trinajstić information content (AvgIpc) is 3.39. The zero-order valence-electron chi connectivity index (χ0n) is 16.7. The van der Waals surface area contributed by atoms with Gasteiger partial charge in [0.25, 0.3) is 0 Å². The van der Waals surface area contributed by atoms with Crippen molar-refractivity contribution in [3.63, 3.8) is 0 Å². The highest BCUT2D eigenvalue weighted by atomic mass is 16.5. The smallest absolute Gasteiger partial charge is 0.222 e. The SMILES string of the molecule is CN(C(=O)CCc1ccccc1)[C@H]1CC[C@@]2(CCCO2)C[C@@H]1N1CCCC1. The van der Waals surface area contributed by atoms with Crippen molar-refractivity contribution >= 4 is 5.91 Å². The first-order valence-electron chi connectivity index (χ1n) is 10.8. The summed E-state index contributed by atoms with van der Waals surface area (Å²) in [6.45, 7) is 3.29. The van der Waals surface area contributed by atoms with Gasteiger partial charge in [-0.15, -0.1) is 0 Å². The molecular weight excluding hydrogens is 336 g/mol. The average molecular weight is 371 g/mol. The summed E-state index contributed by atoms with van der Waals surface area (Å²) >= 11 is 0.